The van der Waals surface area contributed by atoms with E-state index in [1.807, 2.05) is 0 Å². The number of allylic oxidation sites excluding steroid dienone is 2. The van der Waals surface area contributed by atoms with E-state index in [9.17, 15) is 0 Å². The van der Waals surface area contributed by atoms with Crippen molar-refractivity contribution in [1.29, 1.82) is 0 Å². The maximum absolute atomic E-state index is 6.09. The van der Waals surface area contributed by atoms with E-state index in [2.05, 4.69) is 197 Å². The van der Waals surface area contributed by atoms with Gasteiger partial charge < -0.3 is 10.6 Å². The van der Waals surface area contributed by atoms with Gasteiger partial charge in [-0.3, -0.25) is 0 Å². The molecule has 0 unspecified atom stereocenters. The molecule has 6 rings (SSSR count). The van der Waals surface area contributed by atoms with Crippen molar-refractivity contribution in [2.45, 2.75) is 46.0 Å². The molecule has 0 radical (unpaired) electrons. The van der Waals surface area contributed by atoms with E-state index < -0.39 is 0 Å². The molecule has 2 heteroatoms. The van der Waals surface area contributed by atoms with Crippen LogP contribution < -0.4 is 10.6 Å². The second-order valence-electron chi connectivity index (χ2n) is 13.8. The number of fused-ring (bicyclic) bond motifs is 1. The molecule has 0 fully saturated rings. The van der Waals surface area contributed by atoms with Crippen molar-refractivity contribution in [1.82, 2.24) is 0 Å². The van der Waals surface area contributed by atoms with Crippen LogP contribution in [-0.2, 0) is 5.41 Å². The van der Waals surface area contributed by atoms with E-state index in [-0.39, 0.29) is 5.41 Å². The Hall–Kier alpha value is -5.18. The van der Waals surface area contributed by atoms with Crippen molar-refractivity contribution in [3.63, 3.8) is 0 Å². The lowest BCUT2D eigenvalue weighted by Gasteiger charge is -2.29. The number of hydrogen-bond acceptors (Lipinski definition) is 2. The molecule has 0 saturated heterocycles. The largest absolute Gasteiger partial charge is 0.327 e. The highest BCUT2D eigenvalue weighted by Gasteiger charge is 2.19. The fourth-order valence-corrected chi connectivity index (χ4v) is 6.24. The smallest absolute Gasteiger partial charge is 0.0540 e. The first-order valence-corrected chi connectivity index (χ1v) is 17.0. The van der Waals surface area contributed by atoms with Gasteiger partial charge in [-0.1, -0.05) is 156 Å². The topological polar surface area (TPSA) is 29.3 Å². The minimum atomic E-state index is 0.0379. The summed E-state index contributed by atoms with van der Waals surface area (Å²) in [6.07, 6.45) is 6.46. The monoisotopic (exact) mass is 626 g/mol. The summed E-state index contributed by atoms with van der Waals surface area (Å²) in [5.74, 6) is 0.496. The van der Waals surface area contributed by atoms with Gasteiger partial charge in [0.1, 0.15) is 0 Å². The van der Waals surface area contributed by atoms with Crippen LogP contribution in [0.2, 0.25) is 0 Å². The Balaban J connectivity index is 1.35. The highest BCUT2D eigenvalue weighted by Crippen LogP contribution is 2.40. The normalized spacial score (nSPS) is 12.3. The standard InChI is InChI=1S/C46H46N2/c1-33(2)38-15-9-17-40(31-38)39-16-8-12-34(30-39)22-23-36(28-29-47)35-24-26-42(27-25-35)48(43-19-11-18-41(32-43)46(3,4)5)45-21-10-14-37-13-6-7-20-44(37)45/h6-28,30-33H,29,47H2,1-5H3/b23-22-,36-28+. The summed E-state index contributed by atoms with van der Waals surface area (Å²) < 4.78 is 0. The zero-order chi connectivity index (χ0) is 33.7. The van der Waals surface area contributed by atoms with E-state index in [1.54, 1.807) is 0 Å². The number of nitrogens with two attached hydrogens (primary N) is 1. The summed E-state index contributed by atoms with van der Waals surface area (Å²) in [5, 5.41) is 2.44. The summed E-state index contributed by atoms with van der Waals surface area (Å²) in [6, 6.07) is 50.5. The number of hydrogen-bond donors (Lipinski definition) is 1. The second-order valence-corrected chi connectivity index (χ2v) is 13.8. The first-order valence-electron chi connectivity index (χ1n) is 17.0. The lowest BCUT2D eigenvalue weighted by molar-refractivity contribution is 0.590. The van der Waals surface area contributed by atoms with Crippen molar-refractivity contribution in [3.05, 3.63) is 174 Å². The van der Waals surface area contributed by atoms with Gasteiger partial charge in [0.25, 0.3) is 0 Å². The molecule has 2 nitrogen and oxygen atoms in total. The van der Waals surface area contributed by atoms with E-state index in [0.717, 1.165) is 33.8 Å². The Bertz CT molecular complexity index is 2070. The van der Waals surface area contributed by atoms with Crippen LogP contribution in [0, 0.1) is 0 Å². The number of rotatable bonds is 9. The van der Waals surface area contributed by atoms with Gasteiger partial charge in [-0.15, -0.1) is 0 Å². The molecule has 0 saturated carbocycles. The van der Waals surface area contributed by atoms with Crippen LogP contribution in [0.25, 0.3) is 33.5 Å². The van der Waals surface area contributed by atoms with E-state index in [1.165, 1.54) is 33.0 Å². The van der Waals surface area contributed by atoms with Gasteiger partial charge in [0, 0.05) is 23.3 Å². The van der Waals surface area contributed by atoms with Crippen molar-refractivity contribution in [3.8, 4) is 11.1 Å². The zero-order valence-electron chi connectivity index (χ0n) is 28.8. The number of anilines is 3. The van der Waals surface area contributed by atoms with E-state index >= 15 is 0 Å². The Morgan fingerprint density at radius 3 is 2.12 bits per heavy atom. The number of benzene rings is 6. The molecule has 48 heavy (non-hydrogen) atoms. The summed E-state index contributed by atoms with van der Waals surface area (Å²) in [5.41, 5.74) is 18.0. The van der Waals surface area contributed by atoms with Crippen molar-refractivity contribution < 1.29 is 0 Å². The zero-order valence-corrected chi connectivity index (χ0v) is 28.8. The molecule has 0 amide bonds. The highest BCUT2D eigenvalue weighted by atomic mass is 15.1. The Kier molecular flexibility index (Phi) is 9.75. The predicted octanol–water partition coefficient (Wildman–Crippen LogP) is 12.5. The van der Waals surface area contributed by atoms with Crippen LogP contribution in [0.4, 0.5) is 17.1 Å². The molecular weight excluding hydrogens is 581 g/mol. The van der Waals surface area contributed by atoms with Crippen LogP contribution in [0.3, 0.4) is 0 Å². The fraction of sp³-hybridized carbons (Fsp3) is 0.174. The maximum atomic E-state index is 6.09. The molecule has 0 aliphatic heterocycles. The van der Waals surface area contributed by atoms with Gasteiger partial charge >= 0.3 is 0 Å². The summed E-state index contributed by atoms with van der Waals surface area (Å²) in [4.78, 5) is 2.38. The van der Waals surface area contributed by atoms with E-state index in [0.29, 0.717) is 12.5 Å². The Labute approximate surface area is 286 Å². The third kappa shape index (κ3) is 7.35. The molecule has 0 heterocycles. The summed E-state index contributed by atoms with van der Waals surface area (Å²) in [7, 11) is 0. The first kappa shape index (κ1) is 32.7. The van der Waals surface area contributed by atoms with Gasteiger partial charge in [-0.05, 0) is 92.1 Å². The molecule has 0 aliphatic rings. The predicted molar refractivity (Wildman–Crippen MR) is 209 cm³/mol. The third-order valence-corrected chi connectivity index (χ3v) is 9.00. The molecule has 2 N–H and O–H groups in total. The van der Waals surface area contributed by atoms with Gasteiger partial charge in [-0.25, -0.2) is 0 Å². The van der Waals surface area contributed by atoms with Crippen molar-refractivity contribution in [2.24, 2.45) is 5.73 Å². The minimum Gasteiger partial charge on any atom is -0.327 e. The van der Waals surface area contributed by atoms with Gasteiger partial charge in [-0.2, -0.15) is 0 Å². The molecule has 0 spiro atoms. The molecule has 0 aromatic heterocycles. The fourth-order valence-electron chi connectivity index (χ4n) is 6.24. The van der Waals surface area contributed by atoms with Crippen LogP contribution >= 0.6 is 0 Å². The molecule has 240 valence electrons. The molecule has 0 aliphatic carbocycles. The third-order valence-electron chi connectivity index (χ3n) is 9.00. The van der Waals surface area contributed by atoms with Gasteiger partial charge in [0.05, 0.1) is 5.69 Å². The van der Waals surface area contributed by atoms with Crippen LogP contribution in [0.1, 0.15) is 62.8 Å². The van der Waals surface area contributed by atoms with Gasteiger partial charge in [0.2, 0.25) is 0 Å². The highest BCUT2D eigenvalue weighted by molar-refractivity contribution is 5.99. The number of nitrogens with zero attached hydrogens (tertiary/aromatic N) is 1. The molecular formula is C46H46N2. The average Bonchev–Trinajstić information content (AvgIpc) is 3.10. The lowest BCUT2D eigenvalue weighted by atomic mass is 9.87. The molecule has 6 aromatic rings. The summed E-state index contributed by atoms with van der Waals surface area (Å²) in [6.45, 7) is 11.7. The van der Waals surface area contributed by atoms with Crippen molar-refractivity contribution in [2.75, 3.05) is 11.4 Å². The maximum Gasteiger partial charge on any atom is 0.0540 e. The lowest BCUT2D eigenvalue weighted by Crippen LogP contribution is -2.14. The first-order chi connectivity index (χ1) is 23.2. The molecule has 6 aromatic carbocycles. The molecule has 0 atom stereocenters. The molecule has 0 bridgehead atoms. The quantitative estimate of drug-likeness (QED) is 0.162. The van der Waals surface area contributed by atoms with Gasteiger partial charge in [0.15, 0.2) is 0 Å². The van der Waals surface area contributed by atoms with Crippen molar-refractivity contribution >= 4 is 39.5 Å². The minimum absolute atomic E-state index is 0.0379. The second kappa shape index (κ2) is 14.3. The summed E-state index contributed by atoms with van der Waals surface area (Å²) >= 11 is 0. The van der Waals surface area contributed by atoms with E-state index in [4.69, 9.17) is 5.73 Å². The van der Waals surface area contributed by atoms with Crippen LogP contribution in [0.5, 0.6) is 0 Å². The Morgan fingerprint density at radius 2 is 1.38 bits per heavy atom. The van der Waals surface area contributed by atoms with Crippen LogP contribution in [0.15, 0.2) is 152 Å². The Morgan fingerprint density at radius 1 is 0.688 bits per heavy atom. The average molecular weight is 627 g/mol. The SMILES string of the molecule is CC(C)c1cccc(-c2cccc(/C=C\C(=C/CN)c3ccc(N(c4cccc(C(C)(C)C)c4)c4cccc5ccccc45)cc3)c2)c1. The van der Waals surface area contributed by atoms with Crippen LogP contribution in [-0.4, -0.2) is 6.54 Å².